The van der Waals surface area contributed by atoms with Gasteiger partial charge in [0.15, 0.2) is 0 Å². The molecule has 4 heteroatoms. The molecule has 0 bridgehead atoms. The summed E-state index contributed by atoms with van der Waals surface area (Å²) in [6, 6.07) is 10.0. The van der Waals surface area contributed by atoms with Crippen LogP contribution >= 0.6 is 0 Å². The molecule has 1 amide bonds. The monoisotopic (exact) mass is 269 g/mol. The molecule has 0 spiro atoms. The maximum Gasteiger partial charge on any atom is 0.263 e. The minimum Gasteiger partial charge on any atom is -0.507 e. The fraction of sp³-hybridized carbons (Fsp3) is 0.188. The Hall–Kier alpha value is -2.49. The van der Waals surface area contributed by atoms with Crippen molar-refractivity contribution in [2.75, 3.05) is 5.32 Å². The molecule has 0 saturated heterocycles. The van der Waals surface area contributed by atoms with Gasteiger partial charge in [0.1, 0.15) is 17.1 Å². The minimum absolute atomic E-state index is 0.104. The van der Waals surface area contributed by atoms with Crippen molar-refractivity contribution < 1.29 is 15.0 Å². The summed E-state index contributed by atoms with van der Waals surface area (Å²) in [4.78, 5) is 12.1. The van der Waals surface area contributed by atoms with Crippen molar-refractivity contribution in [3.05, 3.63) is 53.1 Å². The van der Waals surface area contributed by atoms with Crippen molar-refractivity contribution in [3.8, 4) is 11.5 Å². The predicted molar refractivity (Wildman–Crippen MR) is 76.2 cm³/mol. The molecule has 1 aliphatic rings. The number of rotatable bonds is 2. The lowest BCUT2D eigenvalue weighted by Crippen LogP contribution is -2.12. The van der Waals surface area contributed by atoms with Crippen LogP contribution in [0.4, 0.5) is 5.69 Å². The molecular weight excluding hydrogens is 254 g/mol. The molecule has 0 atom stereocenters. The molecule has 4 nitrogen and oxygen atoms in total. The quantitative estimate of drug-likeness (QED) is 0.785. The molecule has 0 heterocycles. The molecule has 1 aliphatic carbocycles. The van der Waals surface area contributed by atoms with E-state index in [4.69, 9.17) is 0 Å². The Morgan fingerprint density at radius 1 is 1.00 bits per heavy atom. The summed E-state index contributed by atoms with van der Waals surface area (Å²) >= 11 is 0. The van der Waals surface area contributed by atoms with E-state index in [1.807, 2.05) is 18.2 Å². The predicted octanol–water partition coefficient (Wildman–Crippen LogP) is 2.84. The van der Waals surface area contributed by atoms with Gasteiger partial charge in [0.25, 0.3) is 5.91 Å². The van der Waals surface area contributed by atoms with Crippen molar-refractivity contribution in [1.82, 2.24) is 0 Å². The van der Waals surface area contributed by atoms with Crippen LogP contribution in [0.5, 0.6) is 11.5 Å². The van der Waals surface area contributed by atoms with E-state index in [2.05, 4.69) is 5.32 Å². The molecule has 3 N–H and O–H groups in total. The largest absolute Gasteiger partial charge is 0.507 e. The smallest absolute Gasteiger partial charge is 0.263 e. The summed E-state index contributed by atoms with van der Waals surface area (Å²) in [6.45, 7) is 0. The third-order valence-corrected chi connectivity index (χ3v) is 3.60. The molecule has 0 aliphatic heterocycles. The Morgan fingerprint density at radius 2 is 1.70 bits per heavy atom. The van der Waals surface area contributed by atoms with Gasteiger partial charge in [-0.25, -0.2) is 0 Å². The molecule has 0 aromatic heterocycles. The first-order valence-corrected chi connectivity index (χ1v) is 6.59. The van der Waals surface area contributed by atoms with Crippen molar-refractivity contribution >= 4 is 11.6 Å². The zero-order valence-electron chi connectivity index (χ0n) is 10.9. The number of hydrogen-bond acceptors (Lipinski definition) is 3. The number of fused-ring (bicyclic) bond motifs is 1. The van der Waals surface area contributed by atoms with Crippen molar-refractivity contribution in [3.63, 3.8) is 0 Å². The lowest BCUT2D eigenvalue weighted by Gasteiger charge is -2.09. The van der Waals surface area contributed by atoms with Crippen LogP contribution in [-0.4, -0.2) is 16.1 Å². The van der Waals surface area contributed by atoms with Crippen molar-refractivity contribution in [2.24, 2.45) is 0 Å². The van der Waals surface area contributed by atoms with E-state index in [1.165, 1.54) is 29.3 Å². The number of anilines is 1. The van der Waals surface area contributed by atoms with Gasteiger partial charge in [-0.1, -0.05) is 12.1 Å². The Labute approximate surface area is 116 Å². The van der Waals surface area contributed by atoms with E-state index < -0.39 is 5.91 Å². The maximum atomic E-state index is 12.1. The van der Waals surface area contributed by atoms with Gasteiger partial charge < -0.3 is 15.5 Å². The van der Waals surface area contributed by atoms with E-state index in [1.54, 1.807) is 0 Å². The lowest BCUT2D eigenvalue weighted by atomic mass is 10.1. The second kappa shape index (κ2) is 4.89. The number of carbonyl (C=O) groups is 1. The maximum absolute atomic E-state index is 12.1. The highest BCUT2D eigenvalue weighted by Gasteiger charge is 2.17. The number of hydrogen-bond donors (Lipinski definition) is 3. The van der Waals surface area contributed by atoms with Gasteiger partial charge >= 0.3 is 0 Å². The number of aromatic hydroxyl groups is 2. The average Bonchev–Trinajstić information content (AvgIpc) is 2.85. The van der Waals surface area contributed by atoms with Crippen LogP contribution in [0.15, 0.2) is 36.4 Å². The number of amides is 1. The molecule has 102 valence electrons. The lowest BCUT2D eigenvalue weighted by molar-refractivity contribution is 0.102. The highest BCUT2D eigenvalue weighted by molar-refractivity contribution is 6.08. The first kappa shape index (κ1) is 12.5. The fourth-order valence-corrected chi connectivity index (χ4v) is 2.60. The molecule has 20 heavy (non-hydrogen) atoms. The topological polar surface area (TPSA) is 69.6 Å². The zero-order valence-corrected chi connectivity index (χ0v) is 10.9. The number of carbonyl (C=O) groups excluding carboxylic acids is 1. The Bertz CT molecular complexity index is 659. The van der Waals surface area contributed by atoms with E-state index >= 15 is 0 Å². The Balaban J connectivity index is 1.86. The summed E-state index contributed by atoms with van der Waals surface area (Å²) in [5.41, 5.74) is 3.16. The highest BCUT2D eigenvalue weighted by Crippen LogP contribution is 2.29. The summed E-state index contributed by atoms with van der Waals surface area (Å²) < 4.78 is 0. The molecule has 0 radical (unpaired) electrons. The van der Waals surface area contributed by atoms with Crippen molar-refractivity contribution in [1.29, 1.82) is 0 Å². The molecule has 2 aromatic carbocycles. The van der Waals surface area contributed by atoms with Gasteiger partial charge in [0.2, 0.25) is 0 Å². The van der Waals surface area contributed by atoms with Crippen LogP contribution in [0.25, 0.3) is 0 Å². The van der Waals surface area contributed by atoms with Crippen LogP contribution in [0.1, 0.15) is 27.9 Å². The number of nitrogens with one attached hydrogen (secondary N) is 1. The third kappa shape index (κ3) is 2.20. The van der Waals surface area contributed by atoms with E-state index in [0.29, 0.717) is 5.69 Å². The number of phenolic OH excluding ortho intramolecular Hbond substituents is 2. The zero-order chi connectivity index (χ0) is 14.1. The molecule has 0 saturated carbocycles. The number of benzene rings is 2. The molecule has 0 unspecified atom stereocenters. The molecule has 2 aromatic rings. The van der Waals surface area contributed by atoms with E-state index in [-0.39, 0.29) is 17.1 Å². The van der Waals surface area contributed by atoms with Crippen molar-refractivity contribution in [2.45, 2.75) is 19.3 Å². The molecule has 3 rings (SSSR count). The van der Waals surface area contributed by atoms with Gasteiger partial charge in [-0.05, 0) is 54.7 Å². The number of phenols is 2. The summed E-state index contributed by atoms with van der Waals surface area (Å²) in [5, 5.41) is 22.1. The van der Waals surface area contributed by atoms with Crippen LogP contribution in [0, 0.1) is 0 Å². The van der Waals surface area contributed by atoms with E-state index in [9.17, 15) is 15.0 Å². The van der Waals surface area contributed by atoms with Crippen LogP contribution in [0.3, 0.4) is 0 Å². The van der Waals surface area contributed by atoms with Gasteiger partial charge in [0.05, 0.1) is 0 Å². The summed E-state index contributed by atoms with van der Waals surface area (Å²) in [5.74, 6) is -0.981. The Kier molecular flexibility index (Phi) is 3.06. The fourth-order valence-electron chi connectivity index (χ4n) is 2.60. The minimum atomic E-state index is -0.515. The summed E-state index contributed by atoms with van der Waals surface area (Å²) in [6.07, 6.45) is 3.26. The SMILES string of the molecule is O=C(Nc1ccc2c(c1)CCC2)c1c(O)cccc1O. The number of aryl methyl sites for hydroxylation is 2. The highest BCUT2D eigenvalue weighted by atomic mass is 16.3. The second-order valence-corrected chi connectivity index (χ2v) is 4.96. The molecule has 0 fully saturated rings. The van der Waals surface area contributed by atoms with Crippen LogP contribution in [0.2, 0.25) is 0 Å². The Morgan fingerprint density at radius 3 is 2.45 bits per heavy atom. The van der Waals surface area contributed by atoms with Gasteiger partial charge in [0, 0.05) is 5.69 Å². The van der Waals surface area contributed by atoms with Crippen LogP contribution in [-0.2, 0) is 12.8 Å². The standard InChI is InChI=1S/C16H15NO3/c18-13-5-2-6-14(19)15(13)16(20)17-12-8-7-10-3-1-4-11(10)9-12/h2,5-9,18-19H,1,3-4H2,(H,17,20). The first-order valence-electron chi connectivity index (χ1n) is 6.59. The molecular formula is C16H15NO3. The third-order valence-electron chi connectivity index (χ3n) is 3.60. The summed E-state index contributed by atoms with van der Waals surface area (Å²) in [7, 11) is 0. The van der Waals surface area contributed by atoms with E-state index in [0.717, 1.165) is 19.3 Å². The van der Waals surface area contributed by atoms with Gasteiger partial charge in [-0.3, -0.25) is 4.79 Å². The second-order valence-electron chi connectivity index (χ2n) is 4.96. The van der Waals surface area contributed by atoms with Gasteiger partial charge in [-0.2, -0.15) is 0 Å². The van der Waals surface area contributed by atoms with Crippen LogP contribution < -0.4 is 5.32 Å². The van der Waals surface area contributed by atoms with Gasteiger partial charge in [-0.15, -0.1) is 0 Å². The normalized spacial score (nSPS) is 13.0. The first-order chi connectivity index (χ1) is 9.65. The average molecular weight is 269 g/mol.